The number of halogens is 1. The number of aromatic carboxylic acids is 1. The number of nitrogens with zero attached hydrogens (tertiary/aromatic N) is 1. The number of hydrogen-bond acceptors (Lipinski definition) is 5. The molecule has 0 aliphatic heterocycles. The van der Waals surface area contributed by atoms with Crippen LogP contribution in [0, 0.1) is 5.82 Å². The number of fused-ring (bicyclic) bond motifs is 1. The van der Waals surface area contributed by atoms with Crippen molar-refractivity contribution in [1.82, 2.24) is 4.98 Å². The Morgan fingerprint density at radius 3 is 2.72 bits per heavy atom. The summed E-state index contributed by atoms with van der Waals surface area (Å²) in [6.07, 6.45) is 3.03. The summed E-state index contributed by atoms with van der Waals surface area (Å²) in [5, 5.41) is 9.68. The van der Waals surface area contributed by atoms with Crippen LogP contribution in [0.3, 0.4) is 0 Å². The predicted octanol–water partition coefficient (Wildman–Crippen LogP) is 3.62. The molecule has 0 amide bonds. The summed E-state index contributed by atoms with van der Waals surface area (Å²) in [7, 11) is 1.24. The number of ether oxygens (including phenoxy) is 1. The summed E-state index contributed by atoms with van der Waals surface area (Å²) in [5.74, 6) is -1.85. The number of benzene rings is 1. The van der Waals surface area contributed by atoms with Gasteiger partial charge in [0.15, 0.2) is 0 Å². The maximum atomic E-state index is 13.4. The van der Waals surface area contributed by atoms with Gasteiger partial charge in [0.2, 0.25) is 5.76 Å². The highest BCUT2D eigenvalue weighted by Gasteiger charge is 2.12. The number of hydrogen-bond donors (Lipinski definition) is 1. The molecular weight excluding hydrogens is 329 g/mol. The van der Waals surface area contributed by atoms with Crippen LogP contribution in [0.2, 0.25) is 0 Å². The fraction of sp³-hybridized carbons (Fsp3) is 0.0556. The predicted molar refractivity (Wildman–Crippen MR) is 87.6 cm³/mol. The molecule has 126 valence electrons. The number of aromatic nitrogens is 1. The zero-order valence-corrected chi connectivity index (χ0v) is 13.0. The molecular formula is C18H12FNO5. The van der Waals surface area contributed by atoms with Crippen LogP contribution in [-0.4, -0.2) is 29.1 Å². The van der Waals surface area contributed by atoms with E-state index in [1.54, 1.807) is 6.07 Å². The second kappa shape index (κ2) is 6.56. The van der Waals surface area contributed by atoms with Crippen LogP contribution < -0.4 is 0 Å². The molecule has 0 aliphatic carbocycles. The number of pyridine rings is 1. The number of carboxylic acid groups (broad SMARTS) is 1. The molecule has 0 radical (unpaired) electrons. The van der Waals surface area contributed by atoms with E-state index < -0.39 is 17.8 Å². The summed E-state index contributed by atoms with van der Waals surface area (Å²) in [4.78, 5) is 27.0. The van der Waals surface area contributed by atoms with E-state index >= 15 is 0 Å². The zero-order chi connectivity index (χ0) is 18.0. The Balaban J connectivity index is 1.99. The third-order valence-electron chi connectivity index (χ3n) is 3.45. The van der Waals surface area contributed by atoms with E-state index in [9.17, 15) is 19.1 Å². The van der Waals surface area contributed by atoms with Crippen molar-refractivity contribution in [3.8, 4) is 0 Å². The fourth-order valence-corrected chi connectivity index (χ4v) is 2.30. The third kappa shape index (κ3) is 3.40. The van der Waals surface area contributed by atoms with E-state index in [-0.39, 0.29) is 16.8 Å². The first-order valence-corrected chi connectivity index (χ1v) is 7.18. The first kappa shape index (κ1) is 16.4. The molecule has 3 rings (SSSR count). The number of carboxylic acids is 1. The van der Waals surface area contributed by atoms with Gasteiger partial charge < -0.3 is 14.3 Å². The number of methoxy groups -OCH3 is 1. The molecule has 2 aromatic heterocycles. The maximum absolute atomic E-state index is 13.4. The van der Waals surface area contributed by atoms with Crippen molar-refractivity contribution in [3.63, 3.8) is 0 Å². The molecule has 1 N–H and O–H groups in total. The Bertz CT molecular complexity index is 1010. The lowest BCUT2D eigenvalue weighted by molar-refractivity contribution is 0.0564. The van der Waals surface area contributed by atoms with Crippen molar-refractivity contribution in [1.29, 1.82) is 0 Å². The zero-order valence-electron chi connectivity index (χ0n) is 13.0. The highest BCUT2D eigenvalue weighted by atomic mass is 19.1. The summed E-state index contributed by atoms with van der Waals surface area (Å²) < 4.78 is 23.2. The topological polar surface area (TPSA) is 89.6 Å². The molecule has 2 heterocycles. The molecule has 0 fully saturated rings. The second-order valence-corrected chi connectivity index (χ2v) is 5.09. The van der Waals surface area contributed by atoms with Crippen LogP contribution in [0.15, 0.2) is 40.8 Å². The lowest BCUT2D eigenvalue weighted by Crippen LogP contribution is -2.00. The molecule has 3 aromatic rings. The van der Waals surface area contributed by atoms with E-state index in [4.69, 9.17) is 4.42 Å². The molecule has 0 aliphatic rings. The molecule has 0 atom stereocenters. The lowest BCUT2D eigenvalue weighted by atomic mass is 10.1. The Kier molecular flexibility index (Phi) is 4.30. The van der Waals surface area contributed by atoms with Gasteiger partial charge in [0, 0.05) is 11.5 Å². The quantitative estimate of drug-likeness (QED) is 0.729. The molecule has 1 aromatic carbocycles. The van der Waals surface area contributed by atoms with Crippen LogP contribution in [0.4, 0.5) is 4.39 Å². The summed E-state index contributed by atoms with van der Waals surface area (Å²) >= 11 is 0. The Hall–Kier alpha value is -3.48. The molecule has 0 saturated heterocycles. The minimum Gasteiger partial charge on any atom is -0.478 e. The highest BCUT2D eigenvalue weighted by Crippen LogP contribution is 2.21. The van der Waals surface area contributed by atoms with Crippen LogP contribution >= 0.6 is 0 Å². The van der Waals surface area contributed by atoms with Gasteiger partial charge in [-0.1, -0.05) is 0 Å². The number of carbonyl (C=O) groups is 2. The van der Waals surface area contributed by atoms with Gasteiger partial charge in [0.05, 0.1) is 23.9 Å². The molecule has 0 bridgehead atoms. The number of esters is 1. The second-order valence-electron chi connectivity index (χ2n) is 5.09. The van der Waals surface area contributed by atoms with E-state index in [0.29, 0.717) is 16.8 Å². The Morgan fingerprint density at radius 2 is 2.00 bits per heavy atom. The smallest absolute Gasteiger partial charge is 0.373 e. The molecule has 25 heavy (non-hydrogen) atoms. The van der Waals surface area contributed by atoms with Crippen LogP contribution in [0.25, 0.3) is 23.1 Å². The SMILES string of the molecule is COC(=O)c1ccc(C=Cc2cc(C(=O)O)c3ccc(F)cc3n2)o1. The van der Waals surface area contributed by atoms with E-state index in [1.807, 2.05) is 0 Å². The number of furan rings is 1. The lowest BCUT2D eigenvalue weighted by Gasteiger charge is -2.04. The van der Waals surface area contributed by atoms with Crippen LogP contribution in [0.5, 0.6) is 0 Å². The van der Waals surface area contributed by atoms with Gasteiger partial charge in [0.25, 0.3) is 0 Å². The molecule has 0 unspecified atom stereocenters. The van der Waals surface area contributed by atoms with Gasteiger partial charge in [-0.25, -0.2) is 19.0 Å². The third-order valence-corrected chi connectivity index (χ3v) is 3.45. The molecule has 0 spiro atoms. The van der Waals surface area contributed by atoms with Gasteiger partial charge in [-0.15, -0.1) is 0 Å². The molecule has 6 nitrogen and oxygen atoms in total. The summed E-state index contributed by atoms with van der Waals surface area (Å²) in [5.41, 5.74) is 0.556. The molecule has 7 heteroatoms. The maximum Gasteiger partial charge on any atom is 0.373 e. The van der Waals surface area contributed by atoms with Crippen molar-refractivity contribution in [2.45, 2.75) is 0 Å². The number of carbonyl (C=O) groups excluding carboxylic acids is 1. The summed E-state index contributed by atoms with van der Waals surface area (Å²) in [6, 6.07) is 8.12. The van der Waals surface area contributed by atoms with Crippen LogP contribution in [0.1, 0.15) is 32.4 Å². The minimum absolute atomic E-state index is 0.0133. The minimum atomic E-state index is -1.14. The normalized spacial score (nSPS) is 11.1. The average Bonchev–Trinajstić information content (AvgIpc) is 3.07. The van der Waals surface area contributed by atoms with Gasteiger partial charge in [-0.2, -0.15) is 0 Å². The first-order valence-electron chi connectivity index (χ1n) is 7.18. The van der Waals surface area contributed by atoms with E-state index in [0.717, 1.165) is 0 Å². The van der Waals surface area contributed by atoms with Crippen molar-refractivity contribution in [2.24, 2.45) is 0 Å². The van der Waals surface area contributed by atoms with Gasteiger partial charge in [-0.3, -0.25) is 0 Å². The fourth-order valence-electron chi connectivity index (χ4n) is 2.30. The van der Waals surface area contributed by atoms with Crippen LogP contribution in [-0.2, 0) is 4.74 Å². The first-order chi connectivity index (χ1) is 12.0. The van der Waals surface area contributed by atoms with Crippen molar-refractivity contribution in [2.75, 3.05) is 7.11 Å². The van der Waals surface area contributed by atoms with Gasteiger partial charge >= 0.3 is 11.9 Å². The standard InChI is InChI=1S/C18H12FNO5/c1-24-18(23)16-7-5-12(25-16)4-3-11-9-14(17(21)22)13-6-2-10(19)8-15(13)20-11/h2-9H,1H3,(H,21,22). The average molecular weight is 341 g/mol. The largest absolute Gasteiger partial charge is 0.478 e. The van der Waals surface area contributed by atoms with Crippen molar-refractivity contribution >= 4 is 35.0 Å². The Labute approximate surface area is 141 Å². The monoisotopic (exact) mass is 341 g/mol. The highest BCUT2D eigenvalue weighted by molar-refractivity contribution is 6.03. The number of rotatable bonds is 4. The van der Waals surface area contributed by atoms with Gasteiger partial charge in [0.1, 0.15) is 11.6 Å². The van der Waals surface area contributed by atoms with E-state index in [1.165, 1.54) is 49.6 Å². The van der Waals surface area contributed by atoms with Crippen molar-refractivity contribution < 1.29 is 28.2 Å². The van der Waals surface area contributed by atoms with E-state index in [2.05, 4.69) is 9.72 Å². The Morgan fingerprint density at radius 1 is 1.20 bits per heavy atom. The van der Waals surface area contributed by atoms with Crippen molar-refractivity contribution in [3.05, 3.63) is 65.0 Å². The molecule has 0 saturated carbocycles. The van der Waals surface area contributed by atoms with Gasteiger partial charge in [-0.05, 0) is 42.5 Å². The summed E-state index contributed by atoms with van der Waals surface area (Å²) in [6.45, 7) is 0.